The van der Waals surface area contributed by atoms with Crippen molar-refractivity contribution in [2.45, 2.75) is 117 Å². The first kappa shape index (κ1) is 54.1. The first-order chi connectivity index (χ1) is 30.6. The molecule has 0 saturated carbocycles. The molecule has 4 amide bonds. The number of rotatable bonds is 23. The largest absolute Gasteiger partial charge is 0.514 e. The number of likely N-dealkylation sites (N-methyl/N-ethyl adjacent to an activating group) is 2. The van der Waals surface area contributed by atoms with Crippen molar-refractivity contribution >= 4 is 35.5 Å². The van der Waals surface area contributed by atoms with E-state index in [1.54, 1.807) is 37.9 Å². The number of nitro groups is 1. The Morgan fingerprint density at radius 2 is 1.52 bits per heavy atom. The van der Waals surface area contributed by atoms with Gasteiger partial charge in [-0.25, -0.2) is 13.6 Å². The van der Waals surface area contributed by atoms with E-state index in [1.165, 1.54) is 37.3 Å². The number of carbonyl (C=O) groups is 5. The molecule has 19 heteroatoms. The van der Waals surface area contributed by atoms with Crippen molar-refractivity contribution in [1.29, 1.82) is 0 Å². The Bertz CT molecular complexity index is 1910. The number of ether oxygens (including phenoxy) is 4. The number of nitrogens with zero attached hydrogens (tertiary/aromatic N) is 4. The van der Waals surface area contributed by atoms with Crippen molar-refractivity contribution in [1.82, 2.24) is 25.3 Å². The lowest BCUT2D eigenvalue weighted by Gasteiger charge is -2.41. The average Bonchev–Trinajstić information content (AvgIpc) is 3.65. The Kier molecular flexibility index (Phi) is 20.7. The molecular formula is C46H68F2N6O11. The minimum absolute atomic E-state index is 0.00256. The van der Waals surface area contributed by atoms with Gasteiger partial charge in [-0.2, -0.15) is 0 Å². The molecule has 2 aromatic rings. The molecule has 362 valence electrons. The van der Waals surface area contributed by atoms with Crippen molar-refractivity contribution in [3.63, 3.8) is 0 Å². The maximum atomic E-state index is 14.7. The number of hydrogen-bond donors (Lipinski definition) is 2. The van der Waals surface area contributed by atoms with Crippen LogP contribution in [-0.2, 0) is 39.8 Å². The first-order valence-electron chi connectivity index (χ1n) is 22.0. The molecule has 1 aliphatic heterocycles. The Balaban J connectivity index is 1.92. The zero-order valence-corrected chi connectivity index (χ0v) is 39.7. The van der Waals surface area contributed by atoms with Gasteiger partial charge in [-0.1, -0.05) is 61.0 Å². The fourth-order valence-electron chi connectivity index (χ4n) is 8.61. The van der Waals surface area contributed by atoms with Crippen LogP contribution in [0.15, 0.2) is 42.5 Å². The molecule has 0 radical (unpaired) electrons. The van der Waals surface area contributed by atoms with Gasteiger partial charge in [0.1, 0.15) is 29.5 Å². The Hall–Kier alpha value is -5.27. The summed E-state index contributed by atoms with van der Waals surface area (Å²) in [4.78, 5) is 84.5. The van der Waals surface area contributed by atoms with Crippen LogP contribution in [0.3, 0.4) is 0 Å². The molecular weight excluding hydrogens is 851 g/mol. The molecule has 1 fully saturated rings. The highest BCUT2D eigenvalue weighted by molar-refractivity contribution is 5.90. The van der Waals surface area contributed by atoms with E-state index < -0.39 is 82.9 Å². The lowest BCUT2D eigenvalue weighted by Crippen LogP contribution is -2.59. The van der Waals surface area contributed by atoms with E-state index >= 15 is 0 Å². The number of halogens is 2. The molecule has 2 aromatic carbocycles. The van der Waals surface area contributed by atoms with E-state index in [0.29, 0.717) is 6.42 Å². The molecule has 0 aromatic heterocycles. The monoisotopic (exact) mass is 918 g/mol. The highest BCUT2D eigenvalue weighted by atomic mass is 19.1. The highest BCUT2D eigenvalue weighted by Crippen LogP contribution is 2.32. The molecule has 9 atom stereocenters. The van der Waals surface area contributed by atoms with Crippen molar-refractivity contribution in [2.75, 3.05) is 48.5 Å². The maximum Gasteiger partial charge on any atom is 0.514 e. The van der Waals surface area contributed by atoms with Crippen LogP contribution >= 0.6 is 0 Å². The van der Waals surface area contributed by atoms with Crippen LogP contribution in [0.5, 0.6) is 5.75 Å². The summed E-state index contributed by atoms with van der Waals surface area (Å²) in [5.74, 6) is -4.58. The third-order valence-electron chi connectivity index (χ3n) is 12.2. The Labute approximate surface area is 381 Å². The van der Waals surface area contributed by atoms with Gasteiger partial charge in [-0.15, -0.1) is 0 Å². The summed E-state index contributed by atoms with van der Waals surface area (Å²) in [7, 11) is 8.05. The smallest absolute Gasteiger partial charge is 0.429 e. The quantitative estimate of drug-likeness (QED) is 0.0626. The predicted octanol–water partition coefficient (Wildman–Crippen LogP) is 5.37. The number of carbonyl (C=O) groups excluding carboxylic acids is 5. The molecule has 1 saturated heterocycles. The zero-order chi connectivity index (χ0) is 48.9. The number of methoxy groups -OCH3 is 2. The molecule has 0 aliphatic carbocycles. The van der Waals surface area contributed by atoms with Gasteiger partial charge < -0.3 is 39.4 Å². The second kappa shape index (κ2) is 24.9. The highest BCUT2D eigenvalue weighted by Gasteiger charge is 2.47. The van der Waals surface area contributed by atoms with Gasteiger partial charge in [0.15, 0.2) is 0 Å². The van der Waals surface area contributed by atoms with Crippen LogP contribution in [0, 0.1) is 45.4 Å². The topological polar surface area (TPSA) is 199 Å². The molecule has 17 nitrogen and oxygen atoms in total. The van der Waals surface area contributed by atoms with E-state index in [0.717, 1.165) is 24.3 Å². The molecule has 2 N–H and O–H groups in total. The van der Waals surface area contributed by atoms with Gasteiger partial charge in [-0.3, -0.25) is 34.2 Å². The fraction of sp³-hybridized carbons (Fsp3) is 0.630. The summed E-state index contributed by atoms with van der Waals surface area (Å²) in [5.41, 5.74) is -0.394. The summed E-state index contributed by atoms with van der Waals surface area (Å²) in [6.45, 7) is 12.8. The summed E-state index contributed by atoms with van der Waals surface area (Å²) < 4.78 is 51.5. The Morgan fingerprint density at radius 3 is 2.03 bits per heavy atom. The normalized spacial score (nSPS) is 18.3. The van der Waals surface area contributed by atoms with Crippen LogP contribution in [0.25, 0.3) is 0 Å². The van der Waals surface area contributed by atoms with E-state index in [9.17, 15) is 42.9 Å². The van der Waals surface area contributed by atoms with Crippen LogP contribution < -0.4 is 15.4 Å². The molecule has 65 heavy (non-hydrogen) atoms. The van der Waals surface area contributed by atoms with Gasteiger partial charge >= 0.3 is 6.16 Å². The maximum absolute atomic E-state index is 14.7. The lowest BCUT2D eigenvalue weighted by molar-refractivity contribution is -0.384. The predicted molar refractivity (Wildman–Crippen MR) is 238 cm³/mol. The third kappa shape index (κ3) is 14.4. The Morgan fingerprint density at radius 1 is 0.908 bits per heavy atom. The summed E-state index contributed by atoms with van der Waals surface area (Å²) in [6.07, 6.45) is -3.72. The van der Waals surface area contributed by atoms with Crippen LogP contribution in [0.4, 0.5) is 19.3 Å². The standard InChI is InChI=1S/C46H68F2N6O11/c1-13-28(6)41(52(10)45(58)39(26(2)3)50-44(57)40(27(4)5)51(8)9)37(62-11)24-38(55)53-25-32(65-46(59)64-31-19-17-30(18-20-31)54(60)61)23-36(53)42(63-12)29(7)43(56)49-22-21-33-34(47)15-14-16-35(33)48/h14-20,26-29,32,36-37,39-42H,13,21-25H2,1-12H3,(H,49,56)(H,50,57)/t28-,29+,32-,36-,37+,39-,40?,41?,42+/m0/s1. The summed E-state index contributed by atoms with van der Waals surface area (Å²) >= 11 is 0. The van der Waals surface area contributed by atoms with E-state index in [2.05, 4.69) is 10.6 Å². The first-order valence-corrected chi connectivity index (χ1v) is 22.0. The van der Waals surface area contributed by atoms with E-state index in [4.69, 9.17) is 18.9 Å². The van der Waals surface area contributed by atoms with Crippen molar-refractivity contribution < 1.29 is 56.6 Å². The fourth-order valence-corrected chi connectivity index (χ4v) is 8.61. The lowest BCUT2D eigenvalue weighted by atomic mass is 9.89. The van der Waals surface area contributed by atoms with Gasteiger partial charge in [0.2, 0.25) is 23.6 Å². The minimum atomic E-state index is -1.14. The summed E-state index contributed by atoms with van der Waals surface area (Å²) in [6, 6.07) is 5.40. The number of hydrogen-bond acceptors (Lipinski definition) is 12. The molecule has 1 heterocycles. The molecule has 3 rings (SSSR count). The third-order valence-corrected chi connectivity index (χ3v) is 12.2. The van der Waals surface area contributed by atoms with Gasteiger partial charge in [-0.05, 0) is 62.5 Å². The second-order valence-electron chi connectivity index (χ2n) is 17.6. The number of likely N-dealkylation sites (tertiary alicyclic amines) is 1. The van der Waals surface area contributed by atoms with Crippen LogP contribution in [-0.4, -0.2) is 140 Å². The van der Waals surface area contributed by atoms with E-state index in [1.807, 2.05) is 41.5 Å². The molecule has 0 bridgehead atoms. The second-order valence-corrected chi connectivity index (χ2v) is 17.6. The van der Waals surface area contributed by atoms with Crippen LogP contribution in [0.2, 0.25) is 0 Å². The van der Waals surface area contributed by atoms with Crippen molar-refractivity contribution in [3.8, 4) is 5.75 Å². The molecule has 2 unspecified atom stereocenters. The van der Waals surface area contributed by atoms with Gasteiger partial charge in [0.25, 0.3) is 5.69 Å². The summed E-state index contributed by atoms with van der Waals surface area (Å²) in [5, 5.41) is 16.8. The molecule has 1 aliphatic rings. The number of nitro benzene ring substituents is 1. The average molecular weight is 919 g/mol. The van der Waals surface area contributed by atoms with Crippen LogP contribution in [0.1, 0.15) is 73.3 Å². The SMILES string of the molecule is CC[C@H](C)C([C@@H](CC(=O)N1C[C@@H](OC(=O)Oc2ccc([N+](=O)[O-])cc2)C[C@H]1[C@H](OC)[C@@H](C)C(=O)NCCc1c(F)cccc1F)OC)N(C)C(=O)[C@@H](NC(=O)C(C(C)C)N(C)C)C(C)C. The number of nitrogens with one attached hydrogen (secondary N) is 2. The van der Waals surface area contributed by atoms with Crippen molar-refractivity contribution in [2.24, 2.45) is 23.7 Å². The number of amides is 4. The zero-order valence-electron chi connectivity index (χ0n) is 39.7. The van der Waals surface area contributed by atoms with E-state index in [-0.39, 0.29) is 78.9 Å². The number of non-ortho nitro benzene ring substituents is 1. The van der Waals surface area contributed by atoms with Gasteiger partial charge in [0.05, 0.1) is 54.1 Å². The molecule has 0 spiro atoms. The minimum Gasteiger partial charge on any atom is -0.429 e. The number of benzene rings is 2. The van der Waals surface area contributed by atoms with Gasteiger partial charge in [0, 0.05) is 51.9 Å². The van der Waals surface area contributed by atoms with Crippen molar-refractivity contribution in [3.05, 3.63) is 69.8 Å².